The molecule has 1 N–H and O–H groups in total. The number of hydrogen-bond donors (Lipinski definition) is 1. The van der Waals surface area contributed by atoms with Gasteiger partial charge in [-0.15, -0.1) is 0 Å². The van der Waals surface area contributed by atoms with E-state index < -0.39 is 5.63 Å². The van der Waals surface area contributed by atoms with Crippen molar-refractivity contribution in [3.8, 4) is 11.3 Å². The van der Waals surface area contributed by atoms with E-state index in [1.54, 1.807) is 12.1 Å². The molecule has 0 aliphatic heterocycles. The van der Waals surface area contributed by atoms with Gasteiger partial charge in [-0.05, 0) is 38.4 Å². The van der Waals surface area contributed by atoms with E-state index >= 15 is 0 Å². The molecule has 0 saturated heterocycles. The fraction of sp³-hybridized carbons (Fsp3) is 0.286. The lowest BCUT2D eigenvalue weighted by atomic mass is 10.1. The van der Waals surface area contributed by atoms with Crippen molar-refractivity contribution in [2.45, 2.75) is 0 Å². The summed E-state index contributed by atoms with van der Waals surface area (Å²) in [5.41, 5.74) is 1.03. The van der Waals surface area contributed by atoms with Crippen molar-refractivity contribution in [3.05, 3.63) is 46.1 Å². The fourth-order valence-electron chi connectivity index (χ4n) is 1.67. The predicted molar refractivity (Wildman–Crippen MR) is 75.7 cm³/mol. The smallest absolute Gasteiger partial charge is 0.338 e. The Bertz CT molecular complexity index is 641. The van der Waals surface area contributed by atoms with E-state index in [0.29, 0.717) is 23.4 Å². The molecule has 0 bridgehead atoms. The maximum atomic E-state index is 12.9. The van der Waals surface area contributed by atoms with Gasteiger partial charge in [0.05, 0.1) is 12.2 Å². The number of hydrogen-bond acceptors (Lipinski definition) is 4. The molecule has 0 aliphatic carbocycles. The van der Waals surface area contributed by atoms with Crippen molar-refractivity contribution in [2.24, 2.45) is 4.99 Å². The zero-order valence-corrected chi connectivity index (χ0v) is 11.4. The first kappa shape index (κ1) is 14.2. The van der Waals surface area contributed by atoms with Gasteiger partial charge in [0.25, 0.3) is 0 Å². The number of nitrogens with zero attached hydrogens (tertiary/aromatic N) is 2. The minimum absolute atomic E-state index is 0.333. The normalized spacial score (nSPS) is 11.6. The molecule has 0 spiro atoms. The quantitative estimate of drug-likeness (QED) is 0.847. The van der Waals surface area contributed by atoms with Crippen LogP contribution < -0.4 is 5.63 Å². The molecule has 0 aliphatic rings. The molecule has 0 atom stereocenters. The Morgan fingerprint density at radius 2 is 2.05 bits per heavy atom. The zero-order valence-electron chi connectivity index (χ0n) is 11.4. The summed E-state index contributed by atoms with van der Waals surface area (Å²) in [4.78, 5) is 17.8. The average Bonchev–Trinajstić information content (AvgIpc) is 2.77. The summed E-state index contributed by atoms with van der Waals surface area (Å²) in [6.45, 7) is 1.37. The molecule has 20 heavy (non-hydrogen) atoms. The molecule has 0 amide bonds. The molecule has 6 heteroatoms. The van der Waals surface area contributed by atoms with Crippen LogP contribution in [0, 0.1) is 5.82 Å². The molecule has 0 fully saturated rings. The van der Waals surface area contributed by atoms with Crippen LogP contribution in [0.5, 0.6) is 0 Å². The first-order valence-electron chi connectivity index (χ1n) is 6.20. The molecule has 0 unspecified atom stereocenters. The van der Waals surface area contributed by atoms with Crippen molar-refractivity contribution >= 4 is 6.21 Å². The summed E-state index contributed by atoms with van der Waals surface area (Å²) in [5.74, 6) is -0.333. The molecular formula is C14H16FN3O2. The number of rotatable bonds is 5. The van der Waals surface area contributed by atoms with Gasteiger partial charge in [0.15, 0.2) is 0 Å². The van der Waals surface area contributed by atoms with Gasteiger partial charge in [-0.3, -0.25) is 4.99 Å². The fourth-order valence-corrected chi connectivity index (χ4v) is 1.67. The molecule has 2 aromatic rings. The second-order valence-electron chi connectivity index (χ2n) is 4.63. The summed E-state index contributed by atoms with van der Waals surface area (Å²) in [5, 5.41) is 2.55. The highest BCUT2D eigenvalue weighted by Crippen LogP contribution is 2.18. The van der Waals surface area contributed by atoms with Crippen molar-refractivity contribution in [2.75, 3.05) is 27.2 Å². The molecule has 2 rings (SSSR count). The number of likely N-dealkylation sites (N-methyl/N-ethyl adjacent to an activating group) is 1. The van der Waals surface area contributed by atoms with E-state index in [2.05, 4.69) is 10.1 Å². The summed E-state index contributed by atoms with van der Waals surface area (Å²) >= 11 is 0. The first-order valence-corrected chi connectivity index (χ1v) is 6.20. The van der Waals surface area contributed by atoms with Gasteiger partial charge < -0.3 is 9.42 Å². The lowest BCUT2D eigenvalue weighted by molar-refractivity contribution is 0.393. The minimum Gasteiger partial charge on any atom is -0.338 e. The molecule has 1 heterocycles. The van der Waals surface area contributed by atoms with E-state index in [4.69, 9.17) is 4.52 Å². The molecule has 106 valence electrons. The van der Waals surface area contributed by atoms with Crippen LogP contribution in [0.15, 0.2) is 38.6 Å². The standard InChI is InChI=1S/C14H16FN3O2/c1-18(2)8-7-16-9-12-13(17-20-14(12)19)10-3-5-11(15)6-4-10/h3-6,9,17H,7-8H2,1-2H3. The number of halogens is 1. The van der Waals surface area contributed by atoms with Gasteiger partial charge in [0.1, 0.15) is 11.4 Å². The van der Waals surface area contributed by atoms with Crippen LogP contribution in [0.1, 0.15) is 5.56 Å². The van der Waals surface area contributed by atoms with E-state index in [1.807, 2.05) is 19.0 Å². The van der Waals surface area contributed by atoms with Gasteiger partial charge >= 0.3 is 5.63 Å². The predicted octanol–water partition coefficient (Wildman–Crippen LogP) is 1.75. The molecule has 0 saturated carbocycles. The van der Waals surface area contributed by atoms with E-state index in [1.165, 1.54) is 18.3 Å². The van der Waals surface area contributed by atoms with E-state index in [-0.39, 0.29) is 5.82 Å². The van der Waals surface area contributed by atoms with Gasteiger partial charge in [-0.2, -0.15) is 0 Å². The van der Waals surface area contributed by atoms with Crippen LogP contribution in [0.25, 0.3) is 11.3 Å². The molecule has 1 aromatic carbocycles. The Labute approximate surface area is 115 Å². The van der Waals surface area contributed by atoms with Crippen LogP contribution >= 0.6 is 0 Å². The third-order valence-corrected chi connectivity index (χ3v) is 2.76. The Balaban J connectivity index is 2.23. The maximum Gasteiger partial charge on any atom is 0.366 e. The van der Waals surface area contributed by atoms with Crippen LogP contribution in [0.3, 0.4) is 0 Å². The van der Waals surface area contributed by atoms with Gasteiger partial charge in [0, 0.05) is 18.3 Å². The number of aromatic amines is 1. The Morgan fingerprint density at radius 3 is 2.70 bits per heavy atom. The first-order chi connectivity index (χ1) is 9.58. The summed E-state index contributed by atoms with van der Waals surface area (Å²) in [6.07, 6.45) is 1.49. The third-order valence-electron chi connectivity index (χ3n) is 2.76. The summed E-state index contributed by atoms with van der Waals surface area (Å²) in [6, 6.07) is 5.81. The van der Waals surface area contributed by atoms with Crippen LogP contribution in [-0.2, 0) is 0 Å². The van der Waals surface area contributed by atoms with Crippen molar-refractivity contribution in [3.63, 3.8) is 0 Å². The highest BCUT2D eigenvalue weighted by atomic mass is 19.1. The number of nitrogens with one attached hydrogen (secondary N) is 1. The molecule has 1 aromatic heterocycles. The van der Waals surface area contributed by atoms with Gasteiger partial charge in [0.2, 0.25) is 0 Å². The molecule has 0 radical (unpaired) electrons. The van der Waals surface area contributed by atoms with Crippen LogP contribution in [0.2, 0.25) is 0 Å². The Kier molecular flexibility index (Phi) is 4.47. The SMILES string of the molecule is CN(C)CCN=Cc1c(-c2ccc(F)cc2)[nH]oc1=O. The van der Waals surface area contributed by atoms with Gasteiger partial charge in [-0.1, -0.05) is 0 Å². The van der Waals surface area contributed by atoms with Crippen molar-refractivity contribution < 1.29 is 8.91 Å². The minimum atomic E-state index is -0.488. The van der Waals surface area contributed by atoms with E-state index in [0.717, 1.165) is 6.54 Å². The zero-order chi connectivity index (χ0) is 14.5. The lowest BCUT2D eigenvalue weighted by Gasteiger charge is -2.05. The van der Waals surface area contributed by atoms with Crippen molar-refractivity contribution in [1.29, 1.82) is 0 Å². The Hall–Kier alpha value is -2.21. The topological polar surface area (TPSA) is 61.6 Å². The van der Waals surface area contributed by atoms with Crippen LogP contribution in [-0.4, -0.2) is 43.5 Å². The number of aliphatic imine (C=N–C) groups is 1. The number of aromatic nitrogens is 1. The molecule has 5 nitrogen and oxygen atoms in total. The Morgan fingerprint density at radius 1 is 1.35 bits per heavy atom. The molecular weight excluding hydrogens is 261 g/mol. The highest BCUT2D eigenvalue weighted by Gasteiger charge is 2.11. The van der Waals surface area contributed by atoms with Crippen molar-refractivity contribution in [1.82, 2.24) is 10.1 Å². The lowest BCUT2D eigenvalue weighted by Crippen LogP contribution is -2.15. The third kappa shape index (κ3) is 3.42. The monoisotopic (exact) mass is 277 g/mol. The van der Waals surface area contributed by atoms with Crippen LogP contribution in [0.4, 0.5) is 4.39 Å². The largest absolute Gasteiger partial charge is 0.366 e. The maximum absolute atomic E-state index is 12.9. The van der Waals surface area contributed by atoms with E-state index in [9.17, 15) is 9.18 Å². The number of benzene rings is 1. The van der Waals surface area contributed by atoms with Gasteiger partial charge in [-0.25, -0.2) is 14.3 Å². The number of H-pyrrole nitrogens is 1. The summed E-state index contributed by atoms with van der Waals surface area (Å²) < 4.78 is 17.7. The summed E-state index contributed by atoms with van der Waals surface area (Å²) in [7, 11) is 3.90. The average molecular weight is 277 g/mol. The second kappa shape index (κ2) is 6.29. The second-order valence-corrected chi connectivity index (χ2v) is 4.63. The highest BCUT2D eigenvalue weighted by molar-refractivity contribution is 5.88.